The summed E-state index contributed by atoms with van der Waals surface area (Å²) >= 11 is 0. The number of amides is 2. The van der Waals surface area contributed by atoms with Gasteiger partial charge in [-0.25, -0.2) is 0 Å². The van der Waals surface area contributed by atoms with Gasteiger partial charge in [0.25, 0.3) is 5.56 Å². The van der Waals surface area contributed by atoms with Crippen LogP contribution < -0.4 is 11.3 Å². The van der Waals surface area contributed by atoms with Gasteiger partial charge in [-0.05, 0) is 13.0 Å². The quantitative estimate of drug-likeness (QED) is 0.774. The van der Waals surface area contributed by atoms with E-state index in [1.807, 2.05) is 6.92 Å². The fourth-order valence-corrected chi connectivity index (χ4v) is 2.15. The molecule has 2 rings (SSSR count). The normalized spacial score (nSPS) is 15.8. The predicted molar refractivity (Wildman–Crippen MR) is 73.9 cm³/mol. The van der Waals surface area contributed by atoms with Gasteiger partial charge < -0.3 is 20.1 Å². The van der Waals surface area contributed by atoms with Gasteiger partial charge in [0, 0.05) is 37.6 Å². The van der Waals surface area contributed by atoms with Crippen molar-refractivity contribution >= 4 is 17.5 Å². The number of nitrogen functional groups attached to an aromatic ring is 1. The molecule has 0 aliphatic carbocycles. The summed E-state index contributed by atoms with van der Waals surface area (Å²) in [6.07, 6.45) is 1.54. The molecule has 1 fully saturated rings. The second-order valence-corrected chi connectivity index (χ2v) is 4.72. The molecule has 20 heavy (non-hydrogen) atoms. The van der Waals surface area contributed by atoms with Gasteiger partial charge in [0.15, 0.2) is 0 Å². The highest BCUT2D eigenvalue weighted by molar-refractivity contribution is 5.92. The molecule has 0 spiro atoms. The zero-order chi connectivity index (χ0) is 14.7. The van der Waals surface area contributed by atoms with Gasteiger partial charge in [-0.3, -0.25) is 14.4 Å². The van der Waals surface area contributed by atoms with Crippen molar-refractivity contribution in [3.05, 3.63) is 28.7 Å². The molecule has 2 N–H and O–H groups in total. The Hall–Kier alpha value is -2.31. The van der Waals surface area contributed by atoms with Crippen molar-refractivity contribution < 1.29 is 9.59 Å². The molecule has 0 atom stereocenters. The highest BCUT2D eigenvalue weighted by Gasteiger charge is 2.28. The van der Waals surface area contributed by atoms with Crippen molar-refractivity contribution in [2.24, 2.45) is 0 Å². The minimum atomic E-state index is -0.176. The maximum atomic E-state index is 11.9. The molecule has 108 valence electrons. The third kappa shape index (κ3) is 2.98. The van der Waals surface area contributed by atoms with E-state index in [0.29, 0.717) is 25.3 Å². The minimum Gasteiger partial charge on any atom is -0.398 e. The van der Waals surface area contributed by atoms with Crippen molar-refractivity contribution in [1.29, 1.82) is 0 Å². The summed E-state index contributed by atoms with van der Waals surface area (Å²) in [7, 11) is 0. The van der Waals surface area contributed by atoms with Crippen LogP contribution in [-0.4, -0.2) is 52.4 Å². The number of piperazine rings is 1. The lowest BCUT2D eigenvalue weighted by molar-refractivity contribution is -0.149. The largest absolute Gasteiger partial charge is 0.398 e. The molecule has 1 saturated heterocycles. The molecule has 7 nitrogen and oxygen atoms in total. The molecule has 0 bridgehead atoms. The zero-order valence-electron chi connectivity index (χ0n) is 11.4. The molecular weight excluding hydrogens is 260 g/mol. The number of pyridine rings is 1. The smallest absolute Gasteiger partial charge is 0.250 e. The Kier molecular flexibility index (Phi) is 4.07. The first-order valence-corrected chi connectivity index (χ1v) is 6.52. The number of likely N-dealkylation sites (N-methyl/N-ethyl adjacent to an activating group) is 1. The number of carbonyl (C=O) groups is 2. The van der Waals surface area contributed by atoms with Gasteiger partial charge >= 0.3 is 0 Å². The van der Waals surface area contributed by atoms with E-state index in [9.17, 15) is 14.4 Å². The number of anilines is 1. The Labute approximate surface area is 116 Å². The Morgan fingerprint density at radius 3 is 2.40 bits per heavy atom. The van der Waals surface area contributed by atoms with Crippen molar-refractivity contribution in [3.8, 4) is 0 Å². The maximum absolute atomic E-state index is 11.9. The monoisotopic (exact) mass is 278 g/mol. The van der Waals surface area contributed by atoms with E-state index >= 15 is 0 Å². The van der Waals surface area contributed by atoms with Crippen LogP contribution in [-0.2, 0) is 16.1 Å². The van der Waals surface area contributed by atoms with Crippen molar-refractivity contribution in [1.82, 2.24) is 14.4 Å². The summed E-state index contributed by atoms with van der Waals surface area (Å²) in [5, 5.41) is 0. The van der Waals surface area contributed by atoms with Crippen molar-refractivity contribution in [2.45, 2.75) is 13.5 Å². The second-order valence-electron chi connectivity index (χ2n) is 4.72. The molecular formula is C13H18N4O3. The van der Waals surface area contributed by atoms with E-state index in [2.05, 4.69) is 0 Å². The van der Waals surface area contributed by atoms with Gasteiger partial charge in [0.05, 0.1) is 13.1 Å². The lowest BCUT2D eigenvalue weighted by Crippen LogP contribution is -2.54. The Bertz CT molecular complexity index is 581. The lowest BCUT2D eigenvalue weighted by atomic mass is 10.3. The molecule has 0 aromatic carbocycles. The Morgan fingerprint density at radius 1 is 1.05 bits per heavy atom. The molecule has 1 aromatic heterocycles. The van der Waals surface area contributed by atoms with Gasteiger partial charge in [0.1, 0.15) is 0 Å². The van der Waals surface area contributed by atoms with Crippen LogP contribution in [0.2, 0.25) is 0 Å². The van der Waals surface area contributed by atoms with E-state index < -0.39 is 0 Å². The zero-order valence-corrected chi connectivity index (χ0v) is 11.4. The second kappa shape index (κ2) is 5.77. The fraction of sp³-hybridized carbons (Fsp3) is 0.462. The number of hydrogen-bond donors (Lipinski definition) is 1. The van der Waals surface area contributed by atoms with Crippen molar-refractivity contribution in [2.75, 3.05) is 31.9 Å². The predicted octanol–water partition coefficient (Wildman–Crippen LogP) is -0.879. The van der Waals surface area contributed by atoms with Crippen LogP contribution in [0.15, 0.2) is 23.1 Å². The van der Waals surface area contributed by atoms with Gasteiger partial charge in [0.2, 0.25) is 11.8 Å². The first kappa shape index (κ1) is 14.1. The van der Waals surface area contributed by atoms with Gasteiger partial charge in [-0.2, -0.15) is 0 Å². The van der Waals surface area contributed by atoms with E-state index in [1.54, 1.807) is 0 Å². The number of carbonyl (C=O) groups excluding carboxylic acids is 2. The number of nitrogens with zero attached hydrogens (tertiary/aromatic N) is 3. The summed E-state index contributed by atoms with van der Waals surface area (Å²) in [5.74, 6) is -0.157. The van der Waals surface area contributed by atoms with Crippen molar-refractivity contribution in [3.63, 3.8) is 0 Å². The average Bonchev–Trinajstić information content (AvgIpc) is 2.42. The van der Waals surface area contributed by atoms with Crippen LogP contribution in [0.5, 0.6) is 0 Å². The van der Waals surface area contributed by atoms with Gasteiger partial charge in [-0.15, -0.1) is 0 Å². The summed E-state index contributed by atoms with van der Waals surface area (Å²) < 4.78 is 1.44. The minimum absolute atomic E-state index is 0.0629. The molecule has 0 radical (unpaired) electrons. The molecule has 0 unspecified atom stereocenters. The lowest BCUT2D eigenvalue weighted by Gasteiger charge is -2.33. The van der Waals surface area contributed by atoms with Crippen LogP contribution in [0.1, 0.15) is 6.92 Å². The SMILES string of the molecule is CCN1CC(=O)N(CCn2cc(N)ccc2=O)CC1=O. The van der Waals surface area contributed by atoms with Crippen LogP contribution in [0, 0.1) is 0 Å². The number of hydrogen-bond acceptors (Lipinski definition) is 4. The number of nitrogens with two attached hydrogens (primary N) is 1. The highest BCUT2D eigenvalue weighted by atomic mass is 16.2. The third-order valence-electron chi connectivity index (χ3n) is 3.36. The van der Waals surface area contributed by atoms with Gasteiger partial charge in [-0.1, -0.05) is 0 Å². The van der Waals surface area contributed by atoms with E-state index in [1.165, 1.54) is 32.7 Å². The topological polar surface area (TPSA) is 88.6 Å². The maximum Gasteiger partial charge on any atom is 0.250 e. The average molecular weight is 278 g/mol. The molecule has 7 heteroatoms. The van der Waals surface area contributed by atoms with Crippen LogP contribution in [0.25, 0.3) is 0 Å². The summed E-state index contributed by atoms with van der Waals surface area (Å²) in [4.78, 5) is 38.3. The van der Waals surface area contributed by atoms with E-state index in [4.69, 9.17) is 5.73 Å². The summed E-state index contributed by atoms with van der Waals surface area (Å²) in [5.41, 5.74) is 5.93. The number of rotatable bonds is 4. The summed E-state index contributed by atoms with van der Waals surface area (Å²) in [6.45, 7) is 3.21. The first-order valence-electron chi connectivity index (χ1n) is 6.52. The third-order valence-corrected chi connectivity index (χ3v) is 3.36. The Morgan fingerprint density at radius 2 is 1.70 bits per heavy atom. The molecule has 1 aliphatic rings. The molecule has 1 aromatic rings. The summed E-state index contributed by atoms with van der Waals surface area (Å²) in [6, 6.07) is 2.92. The van der Waals surface area contributed by atoms with Crippen LogP contribution in [0.4, 0.5) is 5.69 Å². The standard InChI is InChI=1S/C13H18N4O3/c1-2-15-8-13(20)17(9-12(15)19)6-5-16-7-10(14)3-4-11(16)18/h3-4,7H,2,5-6,8-9,14H2,1H3. The molecule has 1 aliphatic heterocycles. The van der Waals surface area contributed by atoms with E-state index in [-0.39, 0.29) is 30.5 Å². The van der Waals surface area contributed by atoms with Crippen LogP contribution >= 0.6 is 0 Å². The highest BCUT2D eigenvalue weighted by Crippen LogP contribution is 2.05. The van der Waals surface area contributed by atoms with E-state index in [0.717, 1.165) is 0 Å². The Balaban J connectivity index is 2.01. The van der Waals surface area contributed by atoms with Crippen LogP contribution in [0.3, 0.4) is 0 Å². The number of aromatic nitrogens is 1. The molecule has 2 heterocycles. The first-order chi connectivity index (χ1) is 9.51. The molecule has 2 amide bonds. The fourth-order valence-electron chi connectivity index (χ4n) is 2.15. The molecule has 0 saturated carbocycles.